The van der Waals surface area contributed by atoms with Crippen LogP contribution in [0.2, 0.25) is 5.02 Å². The lowest BCUT2D eigenvalue weighted by Gasteiger charge is -2.21. The molecule has 1 fully saturated rings. The molecule has 194 valence electrons. The number of hydrogen-bond donors (Lipinski definition) is 1. The number of aryl methyl sites for hydroxylation is 1. The molecule has 1 saturated carbocycles. The van der Waals surface area contributed by atoms with Crippen molar-refractivity contribution in [2.24, 2.45) is 0 Å². The minimum Gasteiger partial charge on any atom is -0.338 e. The molecule has 6 heteroatoms. The number of carbonyl (C=O) groups is 1. The van der Waals surface area contributed by atoms with Crippen molar-refractivity contribution in [2.75, 3.05) is 6.54 Å². The zero-order valence-electron chi connectivity index (χ0n) is 21.7. The van der Waals surface area contributed by atoms with Crippen LogP contribution in [0.5, 0.6) is 0 Å². The fourth-order valence-electron chi connectivity index (χ4n) is 5.13. The number of carbonyl (C=O) groups excluding carboxylic acids is 1. The predicted molar refractivity (Wildman–Crippen MR) is 153 cm³/mol. The third kappa shape index (κ3) is 5.44. The molecule has 2 aliphatic rings. The summed E-state index contributed by atoms with van der Waals surface area (Å²) in [6.45, 7) is 7.11. The molecule has 0 spiro atoms. The summed E-state index contributed by atoms with van der Waals surface area (Å²) in [7, 11) is 0. The molecule has 2 aromatic carbocycles. The van der Waals surface area contributed by atoms with Gasteiger partial charge in [-0.25, -0.2) is 4.98 Å². The van der Waals surface area contributed by atoms with E-state index in [0.29, 0.717) is 29.4 Å². The molecule has 1 aliphatic carbocycles. The van der Waals surface area contributed by atoms with Crippen LogP contribution >= 0.6 is 11.6 Å². The second-order valence-corrected chi connectivity index (χ2v) is 10.6. The Morgan fingerprint density at radius 2 is 1.95 bits per heavy atom. The van der Waals surface area contributed by atoms with Crippen molar-refractivity contribution in [3.63, 3.8) is 0 Å². The van der Waals surface area contributed by atoms with Gasteiger partial charge in [0.1, 0.15) is 5.82 Å². The topological polar surface area (TPSA) is 66.1 Å². The van der Waals surface area contributed by atoms with Crippen LogP contribution in [0.15, 0.2) is 89.8 Å². The zero-order valence-corrected chi connectivity index (χ0v) is 22.4. The van der Waals surface area contributed by atoms with E-state index in [2.05, 4.69) is 11.6 Å². The van der Waals surface area contributed by atoms with E-state index in [1.165, 1.54) is 0 Å². The number of halogens is 1. The molecule has 5 nitrogen and oxygen atoms in total. The van der Waals surface area contributed by atoms with Gasteiger partial charge in [0, 0.05) is 11.6 Å². The van der Waals surface area contributed by atoms with E-state index in [0.717, 1.165) is 47.2 Å². The molecule has 1 aliphatic heterocycles. The number of aromatic amines is 1. The SMILES string of the molecule is C=C(/C=C\C=C/C)C1(c2nc3c(c(=O)[nH]2)CN(C(=O)Cc2cccc(-c4ccc(Cl)cc4)c2)CCC3)CC1. The standard InChI is InChI=1S/C32H32ClN3O2/c1-3-4-5-8-22(2)32(16-17-32)31-34-28-11-7-18-36(21-27(28)30(38)35-31)29(37)20-23-9-6-10-25(19-23)24-12-14-26(33)15-13-24/h3-6,8-10,12-15,19H,2,7,11,16-18,20-21H2,1H3,(H,34,35,38)/b4-3-,8-5-. The molecule has 1 amide bonds. The van der Waals surface area contributed by atoms with E-state index in [9.17, 15) is 9.59 Å². The first kappa shape index (κ1) is 25.9. The summed E-state index contributed by atoms with van der Waals surface area (Å²) in [6, 6.07) is 15.7. The summed E-state index contributed by atoms with van der Waals surface area (Å²) >= 11 is 6.03. The van der Waals surface area contributed by atoms with Gasteiger partial charge in [-0.05, 0) is 67.0 Å². The van der Waals surface area contributed by atoms with E-state index in [4.69, 9.17) is 16.6 Å². The van der Waals surface area contributed by atoms with Crippen molar-refractivity contribution in [3.8, 4) is 11.1 Å². The van der Waals surface area contributed by atoms with Crippen molar-refractivity contribution in [1.29, 1.82) is 0 Å². The number of allylic oxidation sites excluding steroid dienone is 5. The Labute approximate surface area is 228 Å². The van der Waals surface area contributed by atoms with Crippen molar-refractivity contribution in [1.82, 2.24) is 14.9 Å². The van der Waals surface area contributed by atoms with Gasteiger partial charge in [-0.2, -0.15) is 0 Å². The van der Waals surface area contributed by atoms with Gasteiger partial charge in [-0.3, -0.25) is 9.59 Å². The molecule has 5 rings (SSSR count). The summed E-state index contributed by atoms with van der Waals surface area (Å²) in [5.74, 6) is 0.714. The molecule has 0 atom stereocenters. The lowest BCUT2D eigenvalue weighted by atomic mass is 9.95. The Morgan fingerprint density at radius 1 is 1.16 bits per heavy atom. The van der Waals surface area contributed by atoms with Crippen molar-refractivity contribution in [2.45, 2.75) is 51.0 Å². The fourth-order valence-corrected chi connectivity index (χ4v) is 5.25. The van der Waals surface area contributed by atoms with Crippen LogP contribution in [0.1, 0.15) is 48.8 Å². The van der Waals surface area contributed by atoms with Gasteiger partial charge >= 0.3 is 0 Å². The van der Waals surface area contributed by atoms with E-state index < -0.39 is 0 Å². The molecule has 0 bridgehead atoms. The normalized spacial score (nSPS) is 16.4. The Kier molecular flexibility index (Phi) is 7.48. The molecule has 2 heterocycles. The largest absolute Gasteiger partial charge is 0.338 e. The average molecular weight is 526 g/mol. The predicted octanol–water partition coefficient (Wildman–Crippen LogP) is 6.33. The highest BCUT2D eigenvalue weighted by Crippen LogP contribution is 2.52. The van der Waals surface area contributed by atoms with Crippen molar-refractivity contribution in [3.05, 3.63) is 123 Å². The van der Waals surface area contributed by atoms with Crippen LogP contribution < -0.4 is 5.56 Å². The quantitative estimate of drug-likeness (QED) is 0.367. The Hall–Kier alpha value is -3.70. The second kappa shape index (κ2) is 11.0. The molecule has 0 unspecified atom stereocenters. The monoisotopic (exact) mass is 525 g/mol. The fraction of sp³-hybridized carbons (Fsp3) is 0.281. The van der Waals surface area contributed by atoms with Crippen molar-refractivity contribution >= 4 is 17.5 Å². The number of nitrogens with zero attached hydrogens (tertiary/aromatic N) is 2. The van der Waals surface area contributed by atoms with Crippen LogP contribution in [0, 0.1) is 0 Å². The Balaban J connectivity index is 1.33. The number of H-pyrrole nitrogens is 1. The molecule has 1 N–H and O–H groups in total. The summed E-state index contributed by atoms with van der Waals surface area (Å²) in [5.41, 5.74) is 4.96. The molecule has 3 aromatic rings. The first-order valence-electron chi connectivity index (χ1n) is 13.1. The van der Waals surface area contributed by atoms with Crippen LogP contribution in [-0.4, -0.2) is 27.3 Å². The molecule has 1 aromatic heterocycles. The number of amides is 1. The molecule has 0 radical (unpaired) electrons. The Morgan fingerprint density at radius 3 is 2.68 bits per heavy atom. The summed E-state index contributed by atoms with van der Waals surface area (Å²) < 4.78 is 0. The Bertz CT molecular complexity index is 1480. The highest BCUT2D eigenvalue weighted by atomic mass is 35.5. The number of fused-ring (bicyclic) bond motifs is 1. The number of aromatic nitrogens is 2. The number of benzene rings is 2. The maximum Gasteiger partial charge on any atom is 0.256 e. The van der Waals surface area contributed by atoms with Gasteiger partial charge in [0.2, 0.25) is 5.91 Å². The van der Waals surface area contributed by atoms with E-state index in [1.807, 2.05) is 79.8 Å². The maximum absolute atomic E-state index is 13.3. The highest BCUT2D eigenvalue weighted by Gasteiger charge is 2.48. The highest BCUT2D eigenvalue weighted by molar-refractivity contribution is 6.30. The second-order valence-electron chi connectivity index (χ2n) is 10.1. The third-order valence-corrected chi connectivity index (χ3v) is 7.78. The van der Waals surface area contributed by atoms with Crippen LogP contribution in [0.4, 0.5) is 0 Å². The lowest BCUT2D eigenvalue weighted by Crippen LogP contribution is -2.34. The molecule has 0 saturated heterocycles. The van der Waals surface area contributed by atoms with Crippen LogP contribution in [-0.2, 0) is 29.6 Å². The number of hydrogen-bond acceptors (Lipinski definition) is 3. The van der Waals surface area contributed by atoms with Gasteiger partial charge in [0.05, 0.1) is 29.6 Å². The average Bonchev–Trinajstić information content (AvgIpc) is 3.74. The van der Waals surface area contributed by atoms with Crippen molar-refractivity contribution < 1.29 is 4.79 Å². The zero-order chi connectivity index (χ0) is 26.7. The minimum atomic E-state index is -0.289. The summed E-state index contributed by atoms with van der Waals surface area (Å²) in [6.07, 6.45) is 11.5. The minimum absolute atomic E-state index is 0.00994. The van der Waals surface area contributed by atoms with Gasteiger partial charge in [-0.15, -0.1) is 0 Å². The number of nitrogens with one attached hydrogen (secondary N) is 1. The first-order chi connectivity index (χ1) is 18.4. The summed E-state index contributed by atoms with van der Waals surface area (Å²) in [4.78, 5) is 36.4. The first-order valence-corrected chi connectivity index (χ1v) is 13.5. The van der Waals surface area contributed by atoms with Gasteiger partial charge in [0.25, 0.3) is 5.56 Å². The molecular weight excluding hydrogens is 494 g/mol. The van der Waals surface area contributed by atoms with E-state index >= 15 is 0 Å². The van der Waals surface area contributed by atoms with Crippen LogP contribution in [0.3, 0.4) is 0 Å². The maximum atomic E-state index is 13.3. The van der Waals surface area contributed by atoms with Gasteiger partial charge in [0.15, 0.2) is 0 Å². The molecular formula is C32H32ClN3O2. The van der Waals surface area contributed by atoms with E-state index in [-0.39, 0.29) is 29.8 Å². The van der Waals surface area contributed by atoms with Gasteiger partial charge < -0.3 is 9.88 Å². The smallest absolute Gasteiger partial charge is 0.256 e. The molecule has 38 heavy (non-hydrogen) atoms. The number of rotatable bonds is 7. The van der Waals surface area contributed by atoms with E-state index in [1.54, 1.807) is 4.90 Å². The lowest BCUT2D eigenvalue weighted by molar-refractivity contribution is -0.131. The van der Waals surface area contributed by atoms with Gasteiger partial charge in [-0.1, -0.05) is 78.9 Å². The third-order valence-electron chi connectivity index (χ3n) is 7.52. The summed E-state index contributed by atoms with van der Waals surface area (Å²) in [5, 5.41) is 0.691. The van der Waals surface area contributed by atoms with Crippen LogP contribution in [0.25, 0.3) is 11.1 Å².